The number of hydrogen-bond acceptors (Lipinski definition) is 5. The zero-order chi connectivity index (χ0) is 19.7. The smallest absolute Gasteiger partial charge is 0.161 e. The van der Waals surface area contributed by atoms with E-state index in [1.165, 1.54) is 0 Å². The molecule has 0 unspecified atom stereocenters. The van der Waals surface area contributed by atoms with Crippen molar-refractivity contribution in [3.63, 3.8) is 0 Å². The predicted octanol–water partition coefficient (Wildman–Crippen LogP) is 4.17. The highest BCUT2D eigenvalue weighted by Gasteiger charge is 2.39. The Labute approximate surface area is 160 Å². The van der Waals surface area contributed by atoms with E-state index in [1.807, 2.05) is 24.3 Å². The number of methoxy groups -OCH3 is 4. The molecule has 1 aliphatic rings. The van der Waals surface area contributed by atoms with Crippen LogP contribution in [0.3, 0.4) is 0 Å². The van der Waals surface area contributed by atoms with Gasteiger partial charge in [0.15, 0.2) is 23.0 Å². The Morgan fingerprint density at radius 2 is 1.19 bits per heavy atom. The fourth-order valence-electron chi connectivity index (χ4n) is 4.12. The van der Waals surface area contributed by atoms with Crippen molar-refractivity contribution in [1.29, 1.82) is 0 Å². The molecule has 3 rings (SSSR count). The van der Waals surface area contributed by atoms with E-state index in [0.717, 1.165) is 16.7 Å². The Balaban J connectivity index is 2.20. The van der Waals surface area contributed by atoms with Crippen molar-refractivity contribution in [2.45, 2.75) is 25.9 Å². The molecule has 0 saturated heterocycles. The zero-order valence-electron chi connectivity index (χ0n) is 16.8. The molecule has 0 bridgehead atoms. The van der Waals surface area contributed by atoms with Crippen LogP contribution >= 0.6 is 0 Å². The van der Waals surface area contributed by atoms with Crippen molar-refractivity contribution in [3.05, 3.63) is 47.0 Å². The molecule has 5 heteroatoms. The van der Waals surface area contributed by atoms with Crippen LogP contribution in [0.25, 0.3) is 0 Å². The maximum Gasteiger partial charge on any atom is 0.161 e. The molecule has 1 N–H and O–H groups in total. The number of hydrogen-bond donors (Lipinski definition) is 1. The Morgan fingerprint density at radius 3 is 1.74 bits per heavy atom. The lowest BCUT2D eigenvalue weighted by molar-refractivity contribution is 0.0684. The SMILES string of the molecule is COc1ccc([C@@H]2c3cc(OC)c(OC)cc3[C@H](O)[C@H](C)[C@H]2C)cc1OC. The molecule has 5 nitrogen and oxygen atoms in total. The van der Waals surface area contributed by atoms with E-state index in [4.69, 9.17) is 18.9 Å². The molecule has 0 aromatic heterocycles. The number of benzene rings is 2. The second kappa shape index (κ2) is 7.69. The first-order valence-corrected chi connectivity index (χ1v) is 9.12. The molecule has 0 radical (unpaired) electrons. The van der Waals surface area contributed by atoms with Gasteiger partial charge in [-0.25, -0.2) is 0 Å². The number of ether oxygens (including phenoxy) is 4. The summed E-state index contributed by atoms with van der Waals surface area (Å²) in [6.45, 7) is 4.26. The largest absolute Gasteiger partial charge is 0.493 e. The Morgan fingerprint density at radius 1 is 0.667 bits per heavy atom. The van der Waals surface area contributed by atoms with Crippen LogP contribution < -0.4 is 18.9 Å². The Kier molecular flexibility index (Phi) is 5.51. The second-order valence-electron chi connectivity index (χ2n) is 7.09. The highest BCUT2D eigenvalue weighted by molar-refractivity contribution is 5.54. The molecule has 0 aliphatic heterocycles. The van der Waals surface area contributed by atoms with E-state index in [9.17, 15) is 5.11 Å². The third-order valence-electron chi connectivity index (χ3n) is 5.86. The molecule has 0 heterocycles. The lowest BCUT2D eigenvalue weighted by atomic mass is 9.66. The number of aliphatic hydroxyl groups excluding tert-OH is 1. The van der Waals surface area contributed by atoms with Crippen molar-refractivity contribution < 1.29 is 24.1 Å². The van der Waals surface area contributed by atoms with E-state index in [0.29, 0.717) is 23.0 Å². The quantitative estimate of drug-likeness (QED) is 0.854. The Hall–Kier alpha value is -2.40. The second-order valence-corrected chi connectivity index (χ2v) is 7.09. The average Bonchev–Trinajstić information content (AvgIpc) is 2.71. The molecule has 0 saturated carbocycles. The molecule has 2 aromatic carbocycles. The van der Waals surface area contributed by atoms with Gasteiger partial charge < -0.3 is 24.1 Å². The molecule has 4 atom stereocenters. The van der Waals surface area contributed by atoms with Crippen LogP contribution in [0.5, 0.6) is 23.0 Å². The number of aliphatic hydroxyl groups is 1. The van der Waals surface area contributed by atoms with Crippen LogP contribution in [0.2, 0.25) is 0 Å². The van der Waals surface area contributed by atoms with E-state index >= 15 is 0 Å². The van der Waals surface area contributed by atoms with Crippen LogP contribution in [0.15, 0.2) is 30.3 Å². The fourth-order valence-corrected chi connectivity index (χ4v) is 4.12. The van der Waals surface area contributed by atoms with Gasteiger partial charge in [-0.2, -0.15) is 0 Å². The van der Waals surface area contributed by atoms with Crippen molar-refractivity contribution in [2.24, 2.45) is 11.8 Å². The van der Waals surface area contributed by atoms with E-state index < -0.39 is 6.10 Å². The summed E-state index contributed by atoms with van der Waals surface area (Å²) >= 11 is 0. The van der Waals surface area contributed by atoms with Gasteiger partial charge in [0.1, 0.15) is 0 Å². The van der Waals surface area contributed by atoms with Crippen LogP contribution in [0.1, 0.15) is 42.6 Å². The highest BCUT2D eigenvalue weighted by atomic mass is 16.5. The van der Waals surface area contributed by atoms with Gasteiger partial charge in [0.2, 0.25) is 0 Å². The van der Waals surface area contributed by atoms with Crippen LogP contribution in [-0.2, 0) is 0 Å². The van der Waals surface area contributed by atoms with Gasteiger partial charge in [0.05, 0.1) is 34.5 Å². The summed E-state index contributed by atoms with van der Waals surface area (Å²) in [4.78, 5) is 0. The van der Waals surface area contributed by atoms with Gasteiger partial charge in [0.25, 0.3) is 0 Å². The summed E-state index contributed by atoms with van der Waals surface area (Å²) in [5.74, 6) is 3.10. The van der Waals surface area contributed by atoms with Gasteiger partial charge >= 0.3 is 0 Å². The molecule has 27 heavy (non-hydrogen) atoms. The number of fused-ring (bicyclic) bond motifs is 1. The monoisotopic (exact) mass is 372 g/mol. The average molecular weight is 372 g/mol. The summed E-state index contributed by atoms with van der Waals surface area (Å²) in [5.41, 5.74) is 3.06. The van der Waals surface area contributed by atoms with E-state index in [2.05, 4.69) is 19.9 Å². The van der Waals surface area contributed by atoms with Gasteiger partial charge in [-0.3, -0.25) is 0 Å². The fraction of sp³-hybridized carbons (Fsp3) is 0.455. The van der Waals surface area contributed by atoms with Crippen LogP contribution in [0, 0.1) is 11.8 Å². The maximum atomic E-state index is 10.9. The van der Waals surface area contributed by atoms with E-state index in [-0.39, 0.29) is 17.8 Å². The van der Waals surface area contributed by atoms with Crippen molar-refractivity contribution >= 4 is 0 Å². The molecule has 0 fully saturated rings. The van der Waals surface area contributed by atoms with Crippen LogP contribution in [0.4, 0.5) is 0 Å². The molecule has 146 valence electrons. The standard InChI is InChI=1S/C22H28O5/c1-12-13(2)22(23)16-11-20(27-6)19(26-5)10-15(16)21(12)14-7-8-17(24-3)18(9-14)25-4/h7-13,21-23H,1-6H3/t12-,13-,21-,22-/m1/s1. The molecule has 1 aliphatic carbocycles. The topological polar surface area (TPSA) is 57.2 Å². The minimum absolute atomic E-state index is 0.0914. The lowest BCUT2D eigenvalue weighted by Gasteiger charge is -2.40. The normalized spacial score (nSPS) is 24.1. The first-order valence-electron chi connectivity index (χ1n) is 9.12. The van der Waals surface area contributed by atoms with Gasteiger partial charge in [0, 0.05) is 5.92 Å². The minimum atomic E-state index is -0.550. The summed E-state index contributed by atoms with van der Waals surface area (Å²) in [5, 5.41) is 10.9. The first-order chi connectivity index (χ1) is 13.0. The van der Waals surface area contributed by atoms with Gasteiger partial charge in [-0.1, -0.05) is 19.9 Å². The predicted molar refractivity (Wildman–Crippen MR) is 104 cm³/mol. The summed E-state index contributed by atoms with van der Waals surface area (Å²) in [6, 6.07) is 9.89. The maximum absolute atomic E-state index is 10.9. The zero-order valence-corrected chi connectivity index (χ0v) is 16.8. The summed E-state index contributed by atoms with van der Waals surface area (Å²) < 4.78 is 21.8. The third kappa shape index (κ3) is 3.21. The molecule has 0 amide bonds. The van der Waals surface area contributed by atoms with Gasteiger partial charge in [-0.15, -0.1) is 0 Å². The lowest BCUT2D eigenvalue weighted by Crippen LogP contribution is -2.30. The molecule has 2 aromatic rings. The summed E-state index contributed by atoms with van der Waals surface area (Å²) in [7, 11) is 6.50. The molecule has 0 spiro atoms. The third-order valence-corrected chi connectivity index (χ3v) is 5.86. The molecular weight excluding hydrogens is 344 g/mol. The number of rotatable bonds is 5. The van der Waals surface area contributed by atoms with Crippen molar-refractivity contribution in [3.8, 4) is 23.0 Å². The van der Waals surface area contributed by atoms with Crippen molar-refractivity contribution in [2.75, 3.05) is 28.4 Å². The minimum Gasteiger partial charge on any atom is -0.493 e. The molecular formula is C22H28O5. The Bertz CT molecular complexity index is 817. The van der Waals surface area contributed by atoms with Crippen molar-refractivity contribution in [1.82, 2.24) is 0 Å². The van der Waals surface area contributed by atoms with Crippen LogP contribution in [-0.4, -0.2) is 33.5 Å². The van der Waals surface area contributed by atoms with E-state index in [1.54, 1.807) is 28.4 Å². The highest BCUT2D eigenvalue weighted by Crippen LogP contribution is 2.51. The van der Waals surface area contributed by atoms with Gasteiger partial charge in [-0.05, 0) is 52.8 Å². The summed E-state index contributed by atoms with van der Waals surface area (Å²) in [6.07, 6.45) is -0.550. The first kappa shape index (κ1) is 19.4.